The summed E-state index contributed by atoms with van der Waals surface area (Å²) in [7, 11) is 0. The number of likely N-dealkylation sites (tertiary alicyclic amines) is 1. The lowest BCUT2D eigenvalue weighted by molar-refractivity contribution is -0.164. The molecule has 1 saturated heterocycles. The quantitative estimate of drug-likeness (QED) is 0.337. The standard InChI is InChI=1S/C25H25N3O4S/c29-15-31-24-20-5-2-1-4-16(20)9-11-28(24)13-17-14-30-21-12-18(7-8-19(17)21)32-25-27-23-22(33-25)6-3-10-26-23/h3,6-8,10,12,14-16,20,24H,1-2,4-5,9,11,13H2. The van der Waals surface area contributed by atoms with E-state index in [0.717, 1.165) is 40.6 Å². The van der Waals surface area contributed by atoms with Crippen molar-refractivity contribution in [1.29, 1.82) is 0 Å². The van der Waals surface area contributed by atoms with Crippen molar-refractivity contribution in [1.82, 2.24) is 14.9 Å². The number of furan rings is 1. The van der Waals surface area contributed by atoms with E-state index in [4.69, 9.17) is 13.9 Å². The van der Waals surface area contributed by atoms with Crippen LogP contribution in [0.3, 0.4) is 0 Å². The predicted molar refractivity (Wildman–Crippen MR) is 125 cm³/mol. The Morgan fingerprint density at radius 3 is 3.06 bits per heavy atom. The van der Waals surface area contributed by atoms with E-state index >= 15 is 0 Å². The van der Waals surface area contributed by atoms with Crippen LogP contribution in [0.15, 0.2) is 47.2 Å². The number of ether oxygens (including phenoxy) is 2. The second kappa shape index (κ2) is 8.76. The Balaban J connectivity index is 1.21. The summed E-state index contributed by atoms with van der Waals surface area (Å²) >= 11 is 1.46. The summed E-state index contributed by atoms with van der Waals surface area (Å²) in [6.45, 7) is 2.24. The molecule has 0 radical (unpaired) electrons. The molecular formula is C25H25N3O4S. The van der Waals surface area contributed by atoms with Crippen molar-refractivity contribution in [3.63, 3.8) is 0 Å². The van der Waals surface area contributed by atoms with Crippen LogP contribution in [-0.2, 0) is 16.1 Å². The fourth-order valence-corrected chi connectivity index (χ4v) is 6.27. The number of carbonyl (C=O) groups is 1. The summed E-state index contributed by atoms with van der Waals surface area (Å²) in [4.78, 5) is 22.3. The van der Waals surface area contributed by atoms with Crippen molar-refractivity contribution in [2.24, 2.45) is 11.8 Å². The number of thiazole rings is 1. The molecule has 2 fully saturated rings. The van der Waals surface area contributed by atoms with Crippen LogP contribution >= 0.6 is 11.3 Å². The Labute approximate surface area is 195 Å². The van der Waals surface area contributed by atoms with Gasteiger partial charge in [0, 0.05) is 42.2 Å². The van der Waals surface area contributed by atoms with Gasteiger partial charge in [0.2, 0.25) is 0 Å². The minimum absolute atomic E-state index is 0.151. The summed E-state index contributed by atoms with van der Waals surface area (Å²) in [5, 5.41) is 1.60. The van der Waals surface area contributed by atoms with Gasteiger partial charge in [-0.25, -0.2) is 4.98 Å². The SMILES string of the molecule is O=COC1C2CCCCC2CCN1Cc1coc2cc(Oc3nc4ncccc4s3)ccc12. The number of benzene rings is 1. The van der Waals surface area contributed by atoms with Crippen molar-refractivity contribution in [2.45, 2.75) is 44.9 Å². The highest BCUT2D eigenvalue weighted by molar-refractivity contribution is 7.20. The maximum atomic E-state index is 11.3. The molecule has 4 aromatic rings. The molecule has 1 saturated carbocycles. The van der Waals surface area contributed by atoms with Crippen LogP contribution in [0.4, 0.5) is 0 Å². The molecule has 1 aromatic carbocycles. The zero-order valence-electron chi connectivity index (χ0n) is 18.2. The smallest absolute Gasteiger partial charge is 0.294 e. The van der Waals surface area contributed by atoms with E-state index in [1.54, 1.807) is 12.5 Å². The van der Waals surface area contributed by atoms with Crippen molar-refractivity contribution in [3.05, 3.63) is 48.4 Å². The summed E-state index contributed by atoms with van der Waals surface area (Å²) in [6.07, 6.45) is 9.43. The van der Waals surface area contributed by atoms with Gasteiger partial charge >= 0.3 is 0 Å². The molecule has 0 bridgehead atoms. The topological polar surface area (TPSA) is 77.7 Å². The number of hydrogen-bond donors (Lipinski definition) is 0. The maximum absolute atomic E-state index is 11.3. The molecule has 6 rings (SSSR count). The Hall–Kier alpha value is -2.97. The zero-order valence-corrected chi connectivity index (χ0v) is 19.0. The van der Waals surface area contributed by atoms with E-state index in [0.29, 0.717) is 41.4 Å². The van der Waals surface area contributed by atoms with Gasteiger partial charge in [-0.1, -0.05) is 24.2 Å². The number of aromatic nitrogens is 2. The molecule has 8 heteroatoms. The lowest BCUT2D eigenvalue weighted by Gasteiger charge is -2.46. The van der Waals surface area contributed by atoms with Crippen LogP contribution in [0.5, 0.6) is 10.9 Å². The molecule has 3 unspecified atom stereocenters. The summed E-state index contributed by atoms with van der Waals surface area (Å²) in [6, 6.07) is 9.73. The number of rotatable bonds is 6. The van der Waals surface area contributed by atoms with Gasteiger partial charge in [-0.05, 0) is 49.4 Å². The van der Waals surface area contributed by atoms with Crippen LogP contribution in [0.25, 0.3) is 21.3 Å². The molecule has 1 aliphatic heterocycles. The molecule has 3 aromatic heterocycles. The highest BCUT2D eigenvalue weighted by Gasteiger charge is 2.40. The molecular weight excluding hydrogens is 438 g/mol. The monoisotopic (exact) mass is 463 g/mol. The third-order valence-electron chi connectivity index (χ3n) is 7.03. The van der Waals surface area contributed by atoms with Gasteiger partial charge in [0.15, 0.2) is 11.9 Å². The van der Waals surface area contributed by atoms with Gasteiger partial charge in [-0.3, -0.25) is 9.69 Å². The van der Waals surface area contributed by atoms with E-state index in [1.807, 2.05) is 30.3 Å². The lowest BCUT2D eigenvalue weighted by atomic mass is 9.74. The van der Waals surface area contributed by atoms with Crippen LogP contribution in [0.1, 0.15) is 37.7 Å². The van der Waals surface area contributed by atoms with Gasteiger partial charge in [0.05, 0.1) is 11.0 Å². The first-order valence-corrected chi connectivity index (χ1v) is 12.3. The molecule has 1 aliphatic carbocycles. The van der Waals surface area contributed by atoms with Crippen LogP contribution in [-0.4, -0.2) is 34.1 Å². The molecule has 170 valence electrons. The van der Waals surface area contributed by atoms with Gasteiger partial charge < -0.3 is 13.9 Å². The second-order valence-electron chi connectivity index (χ2n) is 8.92. The third-order valence-corrected chi connectivity index (χ3v) is 7.92. The first-order chi connectivity index (χ1) is 16.3. The minimum Gasteiger partial charge on any atom is -0.464 e. The van der Waals surface area contributed by atoms with Crippen molar-refractivity contribution >= 4 is 39.1 Å². The average molecular weight is 464 g/mol. The summed E-state index contributed by atoms with van der Waals surface area (Å²) in [5.41, 5.74) is 2.55. The maximum Gasteiger partial charge on any atom is 0.294 e. The van der Waals surface area contributed by atoms with Gasteiger partial charge in [0.25, 0.3) is 11.7 Å². The highest BCUT2D eigenvalue weighted by Crippen LogP contribution is 2.41. The Bertz CT molecular complexity index is 1250. The molecule has 4 heterocycles. The van der Waals surface area contributed by atoms with Crippen molar-refractivity contribution in [3.8, 4) is 10.9 Å². The average Bonchev–Trinajstić information content (AvgIpc) is 3.43. The van der Waals surface area contributed by atoms with Crippen LogP contribution in [0.2, 0.25) is 0 Å². The summed E-state index contributed by atoms with van der Waals surface area (Å²) in [5.74, 6) is 1.77. The van der Waals surface area contributed by atoms with E-state index < -0.39 is 0 Å². The number of piperidine rings is 1. The number of hydrogen-bond acceptors (Lipinski definition) is 8. The molecule has 33 heavy (non-hydrogen) atoms. The lowest BCUT2D eigenvalue weighted by Crippen LogP contribution is -2.50. The van der Waals surface area contributed by atoms with Crippen LogP contribution in [0, 0.1) is 11.8 Å². The van der Waals surface area contributed by atoms with E-state index in [-0.39, 0.29) is 6.23 Å². The molecule has 2 aliphatic rings. The molecule has 0 amide bonds. The zero-order chi connectivity index (χ0) is 22.2. The minimum atomic E-state index is -0.151. The molecule has 0 N–H and O–H groups in total. The molecule has 7 nitrogen and oxygen atoms in total. The Morgan fingerprint density at radius 1 is 1.21 bits per heavy atom. The van der Waals surface area contributed by atoms with E-state index in [1.165, 1.54) is 30.6 Å². The van der Waals surface area contributed by atoms with E-state index in [9.17, 15) is 4.79 Å². The van der Waals surface area contributed by atoms with Crippen LogP contribution < -0.4 is 4.74 Å². The first kappa shape index (κ1) is 20.6. The normalized spacial score (nSPS) is 23.5. The van der Waals surface area contributed by atoms with Gasteiger partial charge in [-0.2, -0.15) is 4.98 Å². The molecule has 3 atom stereocenters. The predicted octanol–water partition coefficient (Wildman–Crippen LogP) is 5.74. The summed E-state index contributed by atoms with van der Waals surface area (Å²) < 4.78 is 18.5. The van der Waals surface area contributed by atoms with Crippen molar-refractivity contribution in [2.75, 3.05) is 6.54 Å². The first-order valence-electron chi connectivity index (χ1n) is 11.5. The number of carbonyl (C=O) groups excluding carboxylic acids is 1. The fraction of sp³-hybridized carbons (Fsp3) is 0.400. The van der Waals surface area contributed by atoms with Gasteiger partial charge in [-0.15, -0.1) is 0 Å². The highest BCUT2D eigenvalue weighted by atomic mass is 32.1. The second-order valence-corrected chi connectivity index (χ2v) is 9.91. The Kier molecular flexibility index (Phi) is 5.47. The van der Waals surface area contributed by atoms with E-state index in [2.05, 4.69) is 14.9 Å². The third kappa shape index (κ3) is 3.98. The van der Waals surface area contributed by atoms with Gasteiger partial charge in [0.1, 0.15) is 11.3 Å². The largest absolute Gasteiger partial charge is 0.464 e. The number of nitrogens with zero attached hydrogens (tertiary/aromatic N) is 3. The Morgan fingerprint density at radius 2 is 2.15 bits per heavy atom. The molecule has 0 spiro atoms. The fourth-order valence-electron chi connectivity index (χ4n) is 5.47. The number of pyridine rings is 1. The number of fused-ring (bicyclic) bond motifs is 3. The van der Waals surface area contributed by atoms with Crippen molar-refractivity contribution < 1.29 is 18.7 Å².